The molecule has 0 aliphatic rings. The molecule has 134 valence electrons. The number of hydrogen-bond acceptors (Lipinski definition) is 3. The topological polar surface area (TPSA) is 72.2 Å². The Kier molecular flexibility index (Phi) is 8.10. The van der Waals surface area contributed by atoms with Crippen LogP contribution in [0.1, 0.15) is 53.6 Å². The molecule has 24 heavy (non-hydrogen) atoms. The maximum absolute atomic E-state index is 12.7. The second kappa shape index (κ2) is 9.56. The molecule has 0 bridgehead atoms. The van der Waals surface area contributed by atoms with Gasteiger partial charge in [-0.25, -0.2) is 0 Å². The molecule has 1 aromatic carbocycles. The first-order valence-electron chi connectivity index (χ1n) is 7.63. The van der Waals surface area contributed by atoms with Crippen LogP contribution in [-0.2, 0) is 17.5 Å². The molecule has 0 fully saturated rings. The number of rotatable bonds is 9. The normalized spacial score (nSPS) is 11.3. The summed E-state index contributed by atoms with van der Waals surface area (Å²) in [5, 5.41) is 2.60. The summed E-state index contributed by atoms with van der Waals surface area (Å²) < 4.78 is 38.0. The first-order valence-corrected chi connectivity index (χ1v) is 8.26. The van der Waals surface area contributed by atoms with E-state index >= 15 is 0 Å². The third kappa shape index (κ3) is 6.82. The molecule has 0 aromatic heterocycles. The fourth-order valence-corrected chi connectivity index (χ4v) is 2.39. The second-order valence-electron chi connectivity index (χ2n) is 5.40. The number of thiol groups is 1. The molecule has 0 atom stereocenters. The largest absolute Gasteiger partial charge is 0.416 e. The number of amides is 2. The lowest BCUT2D eigenvalue weighted by molar-refractivity contribution is -0.137. The van der Waals surface area contributed by atoms with Crippen LogP contribution in [0.25, 0.3) is 0 Å². The van der Waals surface area contributed by atoms with E-state index < -0.39 is 17.6 Å². The Morgan fingerprint density at radius 2 is 1.79 bits per heavy atom. The van der Waals surface area contributed by atoms with Gasteiger partial charge in [-0.15, -0.1) is 0 Å². The summed E-state index contributed by atoms with van der Waals surface area (Å²) in [6, 6.07) is 2.74. The van der Waals surface area contributed by atoms with E-state index in [1.807, 2.05) is 0 Å². The van der Waals surface area contributed by atoms with Crippen molar-refractivity contribution in [2.24, 2.45) is 5.73 Å². The fourth-order valence-electron chi connectivity index (χ4n) is 2.17. The predicted molar refractivity (Wildman–Crippen MR) is 88.7 cm³/mol. The summed E-state index contributed by atoms with van der Waals surface area (Å²) in [7, 11) is 0. The number of alkyl halides is 3. The van der Waals surface area contributed by atoms with Crippen LogP contribution >= 0.6 is 12.6 Å². The minimum absolute atomic E-state index is 0.0358. The average Bonchev–Trinajstić information content (AvgIpc) is 2.51. The zero-order valence-electron chi connectivity index (χ0n) is 13.2. The van der Waals surface area contributed by atoms with Gasteiger partial charge in [0.1, 0.15) is 0 Å². The van der Waals surface area contributed by atoms with E-state index in [1.165, 1.54) is 0 Å². The monoisotopic (exact) mass is 362 g/mol. The molecule has 0 saturated heterocycles. The highest BCUT2D eigenvalue weighted by Gasteiger charge is 2.31. The highest BCUT2D eigenvalue weighted by atomic mass is 32.1. The van der Waals surface area contributed by atoms with E-state index in [4.69, 9.17) is 5.73 Å². The number of nitrogens with one attached hydrogen (secondary N) is 1. The number of carbonyl (C=O) groups is 2. The quantitative estimate of drug-likeness (QED) is 0.466. The highest BCUT2D eigenvalue weighted by Crippen LogP contribution is 2.30. The van der Waals surface area contributed by atoms with Gasteiger partial charge in [-0.1, -0.05) is 18.9 Å². The smallest absolute Gasteiger partial charge is 0.366 e. The molecule has 0 saturated carbocycles. The van der Waals surface area contributed by atoms with Gasteiger partial charge in [0.25, 0.3) is 0 Å². The van der Waals surface area contributed by atoms with Crippen LogP contribution in [0.3, 0.4) is 0 Å². The maximum Gasteiger partial charge on any atom is 0.416 e. The van der Waals surface area contributed by atoms with Gasteiger partial charge in [0.05, 0.1) is 5.56 Å². The van der Waals surface area contributed by atoms with Crippen LogP contribution in [0.15, 0.2) is 18.2 Å². The highest BCUT2D eigenvalue weighted by molar-refractivity contribution is 7.80. The molecule has 0 spiro atoms. The summed E-state index contributed by atoms with van der Waals surface area (Å²) in [5.74, 6) is -0.357. The van der Waals surface area contributed by atoms with E-state index in [0.29, 0.717) is 12.5 Å². The van der Waals surface area contributed by atoms with Crippen molar-refractivity contribution in [3.8, 4) is 0 Å². The summed E-state index contributed by atoms with van der Waals surface area (Å²) in [6.07, 6.45) is -0.575. The van der Waals surface area contributed by atoms with Crippen LogP contribution < -0.4 is 11.1 Å². The van der Waals surface area contributed by atoms with Gasteiger partial charge in [-0.05, 0) is 36.3 Å². The van der Waals surface area contributed by atoms with E-state index in [-0.39, 0.29) is 23.6 Å². The van der Waals surface area contributed by atoms with Gasteiger partial charge in [0.15, 0.2) is 0 Å². The summed E-state index contributed by atoms with van der Waals surface area (Å²) >= 11 is 4.10. The number of hydrogen-bond donors (Lipinski definition) is 3. The van der Waals surface area contributed by atoms with Crippen molar-refractivity contribution in [2.45, 2.75) is 44.8 Å². The van der Waals surface area contributed by atoms with Crippen molar-refractivity contribution in [3.05, 3.63) is 34.9 Å². The molecule has 0 radical (unpaired) electrons. The molecular formula is C16H21F3N2O2S. The number of unbranched alkanes of at least 4 members (excludes halogenated alkanes) is 3. The van der Waals surface area contributed by atoms with Gasteiger partial charge in [0, 0.05) is 18.5 Å². The molecule has 8 heteroatoms. The number of nitrogens with two attached hydrogens (primary N) is 1. The van der Waals surface area contributed by atoms with Gasteiger partial charge >= 0.3 is 6.18 Å². The van der Waals surface area contributed by atoms with E-state index in [2.05, 4.69) is 17.9 Å². The Morgan fingerprint density at radius 3 is 2.38 bits per heavy atom. The molecule has 0 aliphatic heterocycles. The van der Waals surface area contributed by atoms with Gasteiger partial charge < -0.3 is 11.1 Å². The van der Waals surface area contributed by atoms with Crippen LogP contribution in [0.4, 0.5) is 13.2 Å². The van der Waals surface area contributed by atoms with Crippen molar-refractivity contribution in [2.75, 3.05) is 5.75 Å². The zero-order chi connectivity index (χ0) is 18.2. The predicted octanol–water partition coefficient (Wildman–Crippen LogP) is 3.30. The maximum atomic E-state index is 12.7. The van der Waals surface area contributed by atoms with Crippen molar-refractivity contribution < 1.29 is 22.8 Å². The van der Waals surface area contributed by atoms with Gasteiger partial charge in [-0.3, -0.25) is 9.59 Å². The number of halogens is 3. The molecule has 0 heterocycles. The second-order valence-corrected chi connectivity index (χ2v) is 5.85. The van der Waals surface area contributed by atoms with Crippen LogP contribution in [0.5, 0.6) is 0 Å². The van der Waals surface area contributed by atoms with Gasteiger partial charge in [0.2, 0.25) is 11.8 Å². The van der Waals surface area contributed by atoms with E-state index in [0.717, 1.165) is 43.6 Å². The van der Waals surface area contributed by atoms with Crippen LogP contribution in [0, 0.1) is 0 Å². The lowest BCUT2D eigenvalue weighted by atomic mass is 10.0. The lowest BCUT2D eigenvalue weighted by Crippen LogP contribution is -2.25. The average molecular weight is 362 g/mol. The third-order valence-electron chi connectivity index (χ3n) is 3.49. The molecule has 4 nitrogen and oxygen atoms in total. The number of carbonyl (C=O) groups excluding carboxylic acids is 2. The first kappa shape index (κ1) is 20.3. The lowest BCUT2D eigenvalue weighted by Gasteiger charge is -2.12. The van der Waals surface area contributed by atoms with Crippen LogP contribution in [0.2, 0.25) is 0 Å². The SMILES string of the molecule is NC(=O)c1cc(C(F)(F)F)ccc1CNC(=O)CCCCCCS. The van der Waals surface area contributed by atoms with Crippen molar-refractivity contribution in [1.82, 2.24) is 5.32 Å². The minimum Gasteiger partial charge on any atom is -0.366 e. The third-order valence-corrected chi connectivity index (χ3v) is 3.81. The Morgan fingerprint density at radius 1 is 1.12 bits per heavy atom. The molecule has 1 aromatic rings. The van der Waals surface area contributed by atoms with Crippen molar-refractivity contribution >= 4 is 24.4 Å². The Labute approximate surface area is 144 Å². The molecule has 3 N–H and O–H groups in total. The molecule has 1 rings (SSSR count). The first-order chi connectivity index (χ1) is 11.3. The van der Waals surface area contributed by atoms with Crippen molar-refractivity contribution in [3.63, 3.8) is 0 Å². The summed E-state index contributed by atoms with van der Waals surface area (Å²) in [6.45, 7) is -0.0358. The van der Waals surface area contributed by atoms with E-state index in [9.17, 15) is 22.8 Å². The molecule has 2 amide bonds. The number of benzene rings is 1. The molecule has 0 unspecified atom stereocenters. The standard InChI is InChI=1S/C16H21F3N2O2S/c17-16(18,19)12-7-6-11(13(9-12)15(20)23)10-21-14(22)5-3-1-2-4-8-24/h6-7,9,24H,1-5,8,10H2,(H2,20,23)(H,21,22). The molecular weight excluding hydrogens is 341 g/mol. The fraction of sp³-hybridized carbons (Fsp3) is 0.500. The van der Waals surface area contributed by atoms with Gasteiger partial charge in [-0.2, -0.15) is 25.8 Å². The molecule has 0 aliphatic carbocycles. The van der Waals surface area contributed by atoms with E-state index in [1.54, 1.807) is 0 Å². The Balaban J connectivity index is 2.61. The summed E-state index contributed by atoms with van der Waals surface area (Å²) in [5.41, 5.74) is 4.21. The van der Waals surface area contributed by atoms with Crippen molar-refractivity contribution in [1.29, 1.82) is 0 Å². The van der Waals surface area contributed by atoms with Crippen LogP contribution in [-0.4, -0.2) is 17.6 Å². The minimum atomic E-state index is -4.56. The summed E-state index contributed by atoms with van der Waals surface area (Å²) in [4.78, 5) is 23.1. The Hall–Kier alpha value is -1.70. The zero-order valence-corrected chi connectivity index (χ0v) is 14.1. The Bertz CT molecular complexity index is 577. The number of primary amides is 1.